The number of likely N-dealkylation sites (tertiary alicyclic amines) is 1. The Morgan fingerprint density at radius 2 is 2.07 bits per heavy atom. The highest BCUT2D eigenvalue weighted by Gasteiger charge is 2.37. The van der Waals surface area contributed by atoms with Crippen molar-refractivity contribution in [1.29, 1.82) is 0 Å². The first kappa shape index (κ1) is 19.8. The summed E-state index contributed by atoms with van der Waals surface area (Å²) in [4.78, 5) is 40.6. The predicted molar refractivity (Wildman–Crippen MR) is 101 cm³/mol. The average molecular weight is 388 g/mol. The minimum absolute atomic E-state index is 0.254. The molecule has 3 atom stereocenters. The molecule has 0 aliphatic carbocycles. The Hall–Kier alpha value is -2.91. The van der Waals surface area contributed by atoms with E-state index in [1.807, 2.05) is 24.3 Å². The summed E-state index contributed by atoms with van der Waals surface area (Å²) in [6, 6.07) is 4.55. The summed E-state index contributed by atoms with van der Waals surface area (Å²) in [5.41, 5.74) is 7.81. The van der Waals surface area contributed by atoms with Gasteiger partial charge < -0.3 is 31.1 Å². The van der Waals surface area contributed by atoms with Crippen molar-refractivity contribution < 1.29 is 24.6 Å². The number of benzene rings is 1. The van der Waals surface area contributed by atoms with Gasteiger partial charge in [-0.25, -0.2) is 4.79 Å². The van der Waals surface area contributed by atoms with E-state index < -0.39 is 42.5 Å². The Labute approximate surface area is 161 Å². The van der Waals surface area contributed by atoms with Crippen LogP contribution in [0.1, 0.15) is 18.4 Å². The first-order valence-corrected chi connectivity index (χ1v) is 9.17. The minimum Gasteiger partial charge on any atom is -0.480 e. The number of carbonyl (C=O) groups excluding carboxylic acids is 2. The van der Waals surface area contributed by atoms with Crippen molar-refractivity contribution in [3.63, 3.8) is 0 Å². The van der Waals surface area contributed by atoms with Gasteiger partial charge in [-0.2, -0.15) is 0 Å². The molecule has 9 heteroatoms. The van der Waals surface area contributed by atoms with E-state index >= 15 is 0 Å². The molecule has 0 saturated carbocycles. The van der Waals surface area contributed by atoms with Crippen LogP contribution in [0.5, 0.6) is 0 Å². The average Bonchev–Trinajstić information content (AvgIpc) is 3.33. The molecule has 28 heavy (non-hydrogen) atoms. The van der Waals surface area contributed by atoms with E-state index in [2.05, 4.69) is 10.3 Å². The Morgan fingerprint density at radius 1 is 1.32 bits per heavy atom. The van der Waals surface area contributed by atoms with Crippen molar-refractivity contribution in [2.45, 2.75) is 37.4 Å². The van der Waals surface area contributed by atoms with Gasteiger partial charge in [0.1, 0.15) is 12.1 Å². The number of amides is 2. The molecule has 2 amide bonds. The van der Waals surface area contributed by atoms with Gasteiger partial charge in [-0.15, -0.1) is 0 Å². The zero-order chi connectivity index (χ0) is 20.3. The van der Waals surface area contributed by atoms with E-state index in [4.69, 9.17) is 5.73 Å². The molecule has 2 heterocycles. The first-order valence-electron chi connectivity index (χ1n) is 9.17. The second-order valence-corrected chi connectivity index (χ2v) is 6.94. The summed E-state index contributed by atoms with van der Waals surface area (Å²) < 4.78 is 0. The quantitative estimate of drug-likeness (QED) is 0.435. The molecule has 150 valence electrons. The molecule has 0 radical (unpaired) electrons. The minimum atomic E-state index is -1.22. The Kier molecular flexibility index (Phi) is 5.96. The standard InChI is InChI=1S/C19H24N4O5/c20-13(8-11-9-21-14-5-2-1-4-12(11)14)17(25)22-15(10-24)18(26)23-7-3-6-16(23)19(27)28/h1-2,4-5,9,13,15-16,21,24H,3,6-8,10,20H2,(H,22,25)(H,27,28)/t13-,15-,16-/m0/s1. The lowest BCUT2D eigenvalue weighted by Crippen LogP contribution is -2.56. The van der Waals surface area contributed by atoms with Crippen LogP contribution in [0.15, 0.2) is 30.5 Å². The number of nitrogens with zero attached hydrogens (tertiary/aromatic N) is 1. The zero-order valence-corrected chi connectivity index (χ0v) is 15.3. The van der Waals surface area contributed by atoms with Gasteiger partial charge in [-0.05, 0) is 30.9 Å². The fourth-order valence-corrected chi connectivity index (χ4v) is 3.58. The molecule has 0 unspecified atom stereocenters. The molecule has 1 saturated heterocycles. The second kappa shape index (κ2) is 8.41. The SMILES string of the molecule is N[C@@H](Cc1c[nH]c2ccccc12)C(=O)N[C@@H](CO)C(=O)N1CCC[C@H]1C(=O)O. The van der Waals surface area contributed by atoms with Crippen molar-refractivity contribution in [3.05, 3.63) is 36.0 Å². The first-order chi connectivity index (χ1) is 13.4. The number of rotatable bonds is 7. The van der Waals surface area contributed by atoms with Gasteiger partial charge in [-0.1, -0.05) is 18.2 Å². The number of aliphatic carboxylic acids is 1. The lowest BCUT2D eigenvalue weighted by Gasteiger charge is -2.27. The molecule has 1 aromatic heterocycles. The molecule has 1 aromatic carbocycles. The van der Waals surface area contributed by atoms with Crippen molar-refractivity contribution >= 4 is 28.7 Å². The number of hydrogen-bond donors (Lipinski definition) is 5. The summed E-state index contributed by atoms with van der Waals surface area (Å²) in [6.45, 7) is -0.350. The highest BCUT2D eigenvalue weighted by Crippen LogP contribution is 2.20. The van der Waals surface area contributed by atoms with E-state index in [9.17, 15) is 24.6 Å². The smallest absolute Gasteiger partial charge is 0.326 e. The van der Waals surface area contributed by atoms with Crippen LogP contribution in [0.4, 0.5) is 0 Å². The van der Waals surface area contributed by atoms with Gasteiger partial charge in [-0.3, -0.25) is 9.59 Å². The maximum atomic E-state index is 12.6. The number of aliphatic hydroxyl groups is 1. The maximum Gasteiger partial charge on any atom is 0.326 e. The normalized spacial score (nSPS) is 18.8. The van der Waals surface area contributed by atoms with Crippen molar-refractivity contribution in [1.82, 2.24) is 15.2 Å². The second-order valence-electron chi connectivity index (χ2n) is 6.94. The van der Waals surface area contributed by atoms with Crippen LogP contribution in [-0.2, 0) is 20.8 Å². The maximum absolute atomic E-state index is 12.6. The number of hydrogen-bond acceptors (Lipinski definition) is 5. The third-order valence-electron chi connectivity index (χ3n) is 5.07. The van der Waals surface area contributed by atoms with E-state index in [0.29, 0.717) is 12.8 Å². The van der Waals surface area contributed by atoms with Gasteiger partial charge in [0.15, 0.2) is 0 Å². The molecule has 0 spiro atoms. The summed E-state index contributed by atoms with van der Waals surface area (Å²) in [5.74, 6) is -2.28. The molecule has 6 N–H and O–H groups in total. The molecule has 1 fully saturated rings. The number of nitrogens with two attached hydrogens (primary N) is 1. The fourth-order valence-electron chi connectivity index (χ4n) is 3.58. The van der Waals surface area contributed by atoms with Crippen LogP contribution >= 0.6 is 0 Å². The number of nitrogens with one attached hydrogen (secondary N) is 2. The largest absolute Gasteiger partial charge is 0.480 e. The topological polar surface area (TPSA) is 149 Å². The lowest BCUT2D eigenvalue weighted by atomic mass is 10.0. The monoisotopic (exact) mass is 388 g/mol. The number of aromatic amines is 1. The number of carboxylic acids is 1. The van der Waals surface area contributed by atoms with Crippen molar-refractivity contribution in [3.8, 4) is 0 Å². The van der Waals surface area contributed by atoms with Gasteiger partial charge in [0.25, 0.3) is 0 Å². The molecule has 0 bridgehead atoms. The summed E-state index contributed by atoms with van der Waals surface area (Å²) in [7, 11) is 0. The van der Waals surface area contributed by atoms with Crippen LogP contribution in [0.3, 0.4) is 0 Å². The van der Waals surface area contributed by atoms with E-state index in [1.54, 1.807) is 6.20 Å². The van der Waals surface area contributed by atoms with Gasteiger partial charge in [0.05, 0.1) is 12.6 Å². The number of H-pyrrole nitrogens is 1. The number of aromatic nitrogens is 1. The highest BCUT2D eigenvalue weighted by molar-refractivity contribution is 5.92. The summed E-state index contributed by atoms with van der Waals surface area (Å²) >= 11 is 0. The molecule has 1 aliphatic heterocycles. The fraction of sp³-hybridized carbons (Fsp3) is 0.421. The lowest BCUT2D eigenvalue weighted by molar-refractivity contribution is -0.149. The summed E-state index contributed by atoms with van der Waals surface area (Å²) in [5, 5.41) is 22.2. The number of carboxylic acid groups (broad SMARTS) is 1. The number of aliphatic hydroxyl groups excluding tert-OH is 1. The zero-order valence-electron chi connectivity index (χ0n) is 15.3. The van der Waals surface area contributed by atoms with Gasteiger partial charge in [0.2, 0.25) is 11.8 Å². The molecular weight excluding hydrogens is 364 g/mol. The third kappa shape index (κ3) is 4.00. The Bertz CT molecular complexity index is 880. The van der Waals surface area contributed by atoms with E-state index in [1.165, 1.54) is 4.90 Å². The van der Waals surface area contributed by atoms with Crippen molar-refractivity contribution in [2.24, 2.45) is 5.73 Å². The molecule has 9 nitrogen and oxygen atoms in total. The highest BCUT2D eigenvalue weighted by atomic mass is 16.4. The molecule has 3 rings (SSSR count). The molecule has 2 aromatic rings. The van der Waals surface area contributed by atoms with Crippen LogP contribution in [-0.4, -0.2) is 69.2 Å². The van der Waals surface area contributed by atoms with Crippen LogP contribution in [0.25, 0.3) is 10.9 Å². The van der Waals surface area contributed by atoms with Crippen molar-refractivity contribution in [2.75, 3.05) is 13.2 Å². The Balaban J connectivity index is 1.64. The number of para-hydroxylation sites is 1. The summed E-state index contributed by atoms with van der Waals surface area (Å²) in [6.07, 6.45) is 2.96. The molecular formula is C19H24N4O5. The third-order valence-corrected chi connectivity index (χ3v) is 5.07. The Morgan fingerprint density at radius 3 is 2.79 bits per heavy atom. The van der Waals surface area contributed by atoms with Crippen LogP contribution < -0.4 is 11.1 Å². The number of carbonyl (C=O) groups is 3. The van der Waals surface area contributed by atoms with Crippen LogP contribution in [0.2, 0.25) is 0 Å². The van der Waals surface area contributed by atoms with Gasteiger partial charge in [0, 0.05) is 23.6 Å². The van der Waals surface area contributed by atoms with E-state index in [-0.39, 0.29) is 13.0 Å². The van der Waals surface area contributed by atoms with Crippen LogP contribution in [0, 0.1) is 0 Å². The molecule has 1 aliphatic rings. The number of fused-ring (bicyclic) bond motifs is 1. The van der Waals surface area contributed by atoms with Gasteiger partial charge >= 0.3 is 5.97 Å². The van der Waals surface area contributed by atoms with E-state index in [0.717, 1.165) is 16.5 Å². The predicted octanol–water partition coefficient (Wildman–Crippen LogP) is -0.410.